The van der Waals surface area contributed by atoms with E-state index in [2.05, 4.69) is 0 Å². The van der Waals surface area contributed by atoms with Crippen LogP contribution in [-0.2, 0) is 0 Å². The van der Waals surface area contributed by atoms with Gasteiger partial charge in [-0.25, -0.2) is 0 Å². The molecule has 2 atom stereocenters. The van der Waals surface area contributed by atoms with Gasteiger partial charge in [0.1, 0.15) is 0 Å². The number of hydrogen-bond donors (Lipinski definition) is 2. The van der Waals surface area contributed by atoms with Crippen molar-refractivity contribution in [2.24, 2.45) is 11.7 Å². The van der Waals surface area contributed by atoms with Gasteiger partial charge in [-0.05, 0) is 18.1 Å². The van der Waals surface area contributed by atoms with Crippen LogP contribution in [-0.4, -0.2) is 29.3 Å². The number of nitrogens with two attached hydrogens (primary N) is 1. The average Bonchev–Trinajstić information content (AvgIpc) is 1.88. The first-order valence-electron chi connectivity index (χ1n) is 3.27. The molecule has 1 aliphatic rings. The van der Waals surface area contributed by atoms with Gasteiger partial charge in [0, 0.05) is 18.4 Å². The number of hydrogen-bond acceptors (Lipinski definition) is 3. The molecule has 0 aromatic heterocycles. The zero-order valence-corrected chi connectivity index (χ0v) is 6.23. The molecule has 0 aromatic rings. The van der Waals surface area contributed by atoms with E-state index in [1.165, 1.54) is 0 Å². The van der Waals surface area contributed by atoms with Gasteiger partial charge in [-0.3, -0.25) is 0 Å². The van der Waals surface area contributed by atoms with Crippen molar-refractivity contribution in [3.8, 4) is 0 Å². The van der Waals surface area contributed by atoms with Crippen molar-refractivity contribution in [1.29, 1.82) is 0 Å². The summed E-state index contributed by atoms with van der Waals surface area (Å²) in [4.78, 5) is 0. The molecule has 0 amide bonds. The molecule has 1 fully saturated rings. The van der Waals surface area contributed by atoms with E-state index >= 15 is 0 Å². The zero-order chi connectivity index (χ0) is 6.69. The predicted molar refractivity (Wildman–Crippen MR) is 40.5 cm³/mol. The van der Waals surface area contributed by atoms with E-state index in [0.717, 1.165) is 17.9 Å². The molecule has 0 aliphatic carbocycles. The fourth-order valence-corrected chi connectivity index (χ4v) is 2.23. The monoisotopic (exact) mass is 147 g/mol. The van der Waals surface area contributed by atoms with Gasteiger partial charge in [0.05, 0.1) is 0 Å². The van der Waals surface area contributed by atoms with Crippen molar-refractivity contribution >= 4 is 11.8 Å². The van der Waals surface area contributed by atoms with Gasteiger partial charge in [-0.15, -0.1) is 0 Å². The SMILES string of the molecule is N[C@H]1CSC[C@@H](CO)C1. The van der Waals surface area contributed by atoms with E-state index in [4.69, 9.17) is 10.8 Å². The Kier molecular flexibility index (Phi) is 2.82. The fourth-order valence-electron chi connectivity index (χ4n) is 1.08. The van der Waals surface area contributed by atoms with Crippen LogP contribution in [0.5, 0.6) is 0 Å². The van der Waals surface area contributed by atoms with Crippen LogP contribution in [0.25, 0.3) is 0 Å². The first-order chi connectivity index (χ1) is 4.33. The Morgan fingerprint density at radius 1 is 1.56 bits per heavy atom. The summed E-state index contributed by atoms with van der Waals surface area (Å²) in [6.07, 6.45) is 1.00. The predicted octanol–water partition coefficient (Wildman–Crippen LogP) is 0.0591. The van der Waals surface area contributed by atoms with Crippen LogP contribution in [0.15, 0.2) is 0 Å². The standard InChI is InChI=1S/C6H13NOS/c7-6-1-5(2-8)3-9-4-6/h5-6,8H,1-4,7H2/t5-,6-/m1/s1. The van der Waals surface area contributed by atoms with Crippen LogP contribution in [0.4, 0.5) is 0 Å². The summed E-state index contributed by atoms with van der Waals surface area (Å²) in [5.41, 5.74) is 5.67. The Balaban J connectivity index is 2.23. The summed E-state index contributed by atoms with van der Waals surface area (Å²) in [6.45, 7) is 0.306. The van der Waals surface area contributed by atoms with Crippen LogP contribution in [0.1, 0.15) is 6.42 Å². The lowest BCUT2D eigenvalue weighted by Crippen LogP contribution is -2.32. The molecule has 54 valence electrons. The second-order valence-electron chi connectivity index (χ2n) is 2.58. The van der Waals surface area contributed by atoms with Crippen LogP contribution in [0, 0.1) is 5.92 Å². The van der Waals surface area contributed by atoms with Crippen LogP contribution in [0.3, 0.4) is 0 Å². The number of aliphatic hydroxyl groups is 1. The van der Waals surface area contributed by atoms with Crippen molar-refractivity contribution in [3.63, 3.8) is 0 Å². The van der Waals surface area contributed by atoms with Crippen molar-refractivity contribution in [2.75, 3.05) is 18.1 Å². The molecule has 1 rings (SSSR count). The van der Waals surface area contributed by atoms with Crippen molar-refractivity contribution < 1.29 is 5.11 Å². The minimum absolute atomic E-state index is 0.306. The number of rotatable bonds is 1. The third kappa shape index (κ3) is 2.16. The zero-order valence-electron chi connectivity index (χ0n) is 5.42. The van der Waals surface area contributed by atoms with E-state index in [9.17, 15) is 0 Å². The minimum atomic E-state index is 0.306. The molecule has 0 spiro atoms. The Morgan fingerprint density at radius 2 is 2.33 bits per heavy atom. The van der Waals surface area contributed by atoms with Gasteiger partial charge in [0.2, 0.25) is 0 Å². The fraction of sp³-hybridized carbons (Fsp3) is 1.00. The molecular formula is C6H13NOS. The molecule has 1 aliphatic heterocycles. The maximum atomic E-state index is 8.74. The van der Waals surface area contributed by atoms with Crippen LogP contribution < -0.4 is 5.73 Å². The van der Waals surface area contributed by atoms with Crippen LogP contribution >= 0.6 is 11.8 Å². The van der Waals surface area contributed by atoms with E-state index in [0.29, 0.717) is 18.6 Å². The first-order valence-corrected chi connectivity index (χ1v) is 4.42. The molecule has 0 saturated carbocycles. The van der Waals surface area contributed by atoms with Gasteiger partial charge in [0.15, 0.2) is 0 Å². The highest BCUT2D eigenvalue weighted by atomic mass is 32.2. The van der Waals surface area contributed by atoms with Crippen LogP contribution in [0.2, 0.25) is 0 Å². The molecular weight excluding hydrogens is 134 g/mol. The third-order valence-corrected chi connectivity index (χ3v) is 2.95. The van der Waals surface area contributed by atoms with Crippen molar-refractivity contribution in [3.05, 3.63) is 0 Å². The quantitative estimate of drug-likeness (QED) is 0.551. The van der Waals surface area contributed by atoms with Crippen molar-refractivity contribution in [1.82, 2.24) is 0 Å². The summed E-state index contributed by atoms with van der Waals surface area (Å²) < 4.78 is 0. The van der Waals surface area contributed by atoms with Gasteiger partial charge in [-0.1, -0.05) is 0 Å². The topological polar surface area (TPSA) is 46.2 Å². The Labute approximate surface area is 59.8 Å². The summed E-state index contributed by atoms with van der Waals surface area (Å²) in [7, 11) is 0. The first kappa shape index (κ1) is 7.38. The van der Waals surface area contributed by atoms with Gasteiger partial charge >= 0.3 is 0 Å². The summed E-state index contributed by atoms with van der Waals surface area (Å²) >= 11 is 1.85. The van der Waals surface area contributed by atoms with E-state index in [-0.39, 0.29) is 0 Å². The Bertz CT molecular complexity index is 89.1. The Hall–Kier alpha value is 0.270. The normalized spacial score (nSPS) is 36.7. The second kappa shape index (κ2) is 3.44. The lowest BCUT2D eigenvalue weighted by atomic mass is 10.0. The lowest BCUT2D eigenvalue weighted by Gasteiger charge is -2.24. The average molecular weight is 147 g/mol. The minimum Gasteiger partial charge on any atom is -0.396 e. The Morgan fingerprint density at radius 3 is 2.78 bits per heavy atom. The molecule has 0 bridgehead atoms. The lowest BCUT2D eigenvalue weighted by molar-refractivity contribution is 0.225. The van der Waals surface area contributed by atoms with Crippen molar-refractivity contribution in [2.45, 2.75) is 12.5 Å². The number of thioether (sulfide) groups is 1. The highest BCUT2D eigenvalue weighted by Crippen LogP contribution is 2.20. The maximum absolute atomic E-state index is 8.74. The molecule has 0 radical (unpaired) electrons. The van der Waals surface area contributed by atoms with Gasteiger partial charge < -0.3 is 10.8 Å². The van der Waals surface area contributed by atoms with E-state index in [1.807, 2.05) is 11.8 Å². The molecule has 1 heterocycles. The molecule has 9 heavy (non-hydrogen) atoms. The number of aliphatic hydroxyl groups excluding tert-OH is 1. The highest BCUT2D eigenvalue weighted by molar-refractivity contribution is 7.99. The summed E-state index contributed by atoms with van der Waals surface area (Å²) in [6, 6.07) is 0.320. The van der Waals surface area contributed by atoms with E-state index in [1.54, 1.807) is 0 Å². The second-order valence-corrected chi connectivity index (χ2v) is 3.66. The largest absolute Gasteiger partial charge is 0.396 e. The molecule has 3 N–H and O–H groups in total. The maximum Gasteiger partial charge on any atom is 0.0467 e. The van der Waals surface area contributed by atoms with Gasteiger partial charge in [0.25, 0.3) is 0 Å². The third-order valence-electron chi connectivity index (χ3n) is 1.58. The highest BCUT2D eigenvalue weighted by Gasteiger charge is 2.17. The smallest absolute Gasteiger partial charge is 0.0467 e. The van der Waals surface area contributed by atoms with E-state index < -0.39 is 0 Å². The molecule has 2 nitrogen and oxygen atoms in total. The molecule has 0 aromatic carbocycles. The summed E-state index contributed by atoms with van der Waals surface area (Å²) in [5, 5.41) is 8.74. The van der Waals surface area contributed by atoms with Gasteiger partial charge in [-0.2, -0.15) is 11.8 Å². The molecule has 1 saturated heterocycles. The molecule has 3 heteroatoms. The summed E-state index contributed by atoms with van der Waals surface area (Å²) in [5.74, 6) is 2.61. The molecule has 0 unspecified atom stereocenters.